The fourth-order valence-corrected chi connectivity index (χ4v) is 2.67. The van der Waals surface area contributed by atoms with E-state index in [1.54, 1.807) is 0 Å². The summed E-state index contributed by atoms with van der Waals surface area (Å²) < 4.78 is 0. The van der Waals surface area contributed by atoms with Crippen molar-refractivity contribution in [3.8, 4) is 0 Å². The molecular formula is C18H32O. The Morgan fingerprint density at radius 2 is 1.32 bits per heavy atom. The van der Waals surface area contributed by atoms with Crippen molar-refractivity contribution >= 4 is 5.78 Å². The first-order chi connectivity index (χ1) is 9.34. The number of allylic oxidation sites excluding steroid dienone is 2. The van der Waals surface area contributed by atoms with E-state index in [2.05, 4.69) is 13.0 Å². The molecule has 19 heavy (non-hydrogen) atoms. The Labute approximate surface area is 119 Å². The first-order valence-electron chi connectivity index (χ1n) is 8.57. The lowest BCUT2D eigenvalue weighted by molar-refractivity contribution is -0.118. The lowest BCUT2D eigenvalue weighted by Crippen LogP contribution is -2.13. The summed E-state index contributed by atoms with van der Waals surface area (Å²) in [6.45, 7) is 2.27. The quantitative estimate of drug-likeness (QED) is 0.313. The molecule has 0 spiro atoms. The minimum absolute atomic E-state index is 0.392. The molecule has 0 unspecified atom stereocenters. The van der Waals surface area contributed by atoms with Crippen LogP contribution in [0.5, 0.6) is 0 Å². The van der Waals surface area contributed by atoms with Crippen LogP contribution in [0.25, 0.3) is 0 Å². The molecule has 0 heterocycles. The largest absolute Gasteiger partial charge is 0.295 e. The first-order valence-corrected chi connectivity index (χ1v) is 8.57. The molecule has 1 rings (SSSR count). The minimum atomic E-state index is 0.392. The molecule has 1 nitrogen and oxygen atoms in total. The highest BCUT2D eigenvalue weighted by Crippen LogP contribution is 2.22. The van der Waals surface area contributed by atoms with E-state index in [1.807, 2.05) is 0 Å². The minimum Gasteiger partial charge on any atom is -0.295 e. The van der Waals surface area contributed by atoms with Gasteiger partial charge in [-0.1, -0.05) is 77.2 Å². The third-order valence-electron chi connectivity index (χ3n) is 4.18. The van der Waals surface area contributed by atoms with Crippen LogP contribution in [0.2, 0.25) is 0 Å². The summed E-state index contributed by atoms with van der Waals surface area (Å²) >= 11 is 0. The molecule has 0 aliphatic heterocycles. The summed E-state index contributed by atoms with van der Waals surface area (Å²) in [5.41, 5.74) is 1.10. The average Bonchev–Trinajstić information content (AvgIpc) is 2.42. The highest BCUT2D eigenvalue weighted by Gasteiger charge is 2.18. The standard InChI is InChI=1S/C18H32O/c1-2-3-4-5-6-7-8-9-10-11-12-13-14-17-15-16-18(17)19/h14H,2-13,15-16H2,1H3. The number of Topliss-reactive ketones (excluding diaryl/α,β-unsaturated/α-hetero) is 1. The number of ketones is 1. The Hall–Kier alpha value is -0.590. The first kappa shape index (κ1) is 16.5. The molecule has 0 saturated heterocycles. The van der Waals surface area contributed by atoms with Crippen molar-refractivity contribution in [3.63, 3.8) is 0 Å². The van der Waals surface area contributed by atoms with Crippen LogP contribution in [-0.2, 0) is 4.79 Å². The van der Waals surface area contributed by atoms with E-state index in [9.17, 15) is 4.79 Å². The van der Waals surface area contributed by atoms with Crippen LogP contribution < -0.4 is 0 Å². The van der Waals surface area contributed by atoms with Crippen LogP contribution in [0.1, 0.15) is 96.8 Å². The van der Waals surface area contributed by atoms with E-state index in [0.717, 1.165) is 24.8 Å². The Bertz CT molecular complexity index is 265. The Kier molecular flexibility index (Phi) is 9.75. The number of carbonyl (C=O) groups is 1. The smallest absolute Gasteiger partial charge is 0.158 e. The van der Waals surface area contributed by atoms with Crippen molar-refractivity contribution in [1.82, 2.24) is 0 Å². The van der Waals surface area contributed by atoms with E-state index in [4.69, 9.17) is 0 Å². The number of carbonyl (C=O) groups excluding carboxylic acids is 1. The van der Waals surface area contributed by atoms with E-state index >= 15 is 0 Å². The van der Waals surface area contributed by atoms with Gasteiger partial charge in [-0.15, -0.1) is 0 Å². The summed E-state index contributed by atoms with van der Waals surface area (Å²) in [6.07, 6.45) is 20.5. The van der Waals surface area contributed by atoms with E-state index in [1.165, 1.54) is 70.6 Å². The van der Waals surface area contributed by atoms with E-state index in [-0.39, 0.29) is 0 Å². The lowest BCUT2D eigenvalue weighted by atomic mass is 9.89. The zero-order valence-corrected chi connectivity index (χ0v) is 12.9. The van der Waals surface area contributed by atoms with Crippen molar-refractivity contribution < 1.29 is 4.79 Å². The van der Waals surface area contributed by atoms with Crippen LogP contribution in [0.15, 0.2) is 11.6 Å². The molecule has 0 aromatic heterocycles. The number of unbranched alkanes of at least 4 members (excludes halogenated alkanes) is 11. The summed E-state index contributed by atoms with van der Waals surface area (Å²) in [5.74, 6) is 0.392. The highest BCUT2D eigenvalue weighted by molar-refractivity contribution is 6.01. The Morgan fingerprint density at radius 3 is 1.74 bits per heavy atom. The third-order valence-corrected chi connectivity index (χ3v) is 4.18. The number of hydrogen-bond donors (Lipinski definition) is 0. The molecule has 110 valence electrons. The van der Waals surface area contributed by atoms with Gasteiger partial charge >= 0.3 is 0 Å². The molecule has 1 saturated carbocycles. The van der Waals surface area contributed by atoms with Crippen molar-refractivity contribution in [2.24, 2.45) is 0 Å². The fraction of sp³-hybridized carbons (Fsp3) is 0.833. The van der Waals surface area contributed by atoms with Gasteiger partial charge in [0.1, 0.15) is 0 Å². The molecule has 0 radical (unpaired) electrons. The van der Waals surface area contributed by atoms with E-state index in [0.29, 0.717) is 5.78 Å². The molecule has 1 heteroatoms. The zero-order valence-electron chi connectivity index (χ0n) is 12.9. The van der Waals surface area contributed by atoms with Gasteiger partial charge in [-0.25, -0.2) is 0 Å². The molecule has 1 fully saturated rings. The van der Waals surface area contributed by atoms with Crippen LogP contribution >= 0.6 is 0 Å². The second-order valence-electron chi connectivity index (χ2n) is 5.98. The van der Waals surface area contributed by atoms with Gasteiger partial charge in [-0.05, 0) is 24.8 Å². The second kappa shape index (κ2) is 11.3. The average molecular weight is 264 g/mol. The topological polar surface area (TPSA) is 17.1 Å². The highest BCUT2D eigenvalue weighted by atomic mass is 16.1. The van der Waals surface area contributed by atoms with Crippen LogP contribution in [0.3, 0.4) is 0 Å². The van der Waals surface area contributed by atoms with E-state index < -0.39 is 0 Å². The van der Waals surface area contributed by atoms with Gasteiger partial charge in [0.15, 0.2) is 5.78 Å². The van der Waals surface area contributed by atoms with Gasteiger partial charge < -0.3 is 0 Å². The van der Waals surface area contributed by atoms with Gasteiger partial charge in [0.05, 0.1) is 0 Å². The Morgan fingerprint density at radius 1 is 0.789 bits per heavy atom. The maximum atomic E-state index is 11.1. The third kappa shape index (κ3) is 8.23. The normalized spacial score (nSPS) is 16.9. The van der Waals surface area contributed by atoms with Gasteiger partial charge in [0.2, 0.25) is 0 Å². The fourth-order valence-electron chi connectivity index (χ4n) is 2.67. The number of rotatable bonds is 12. The molecule has 0 bridgehead atoms. The summed E-state index contributed by atoms with van der Waals surface area (Å²) in [5, 5.41) is 0. The molecule has 0 aromatic carbocycles. The zero-order chi connectivity index (χ0) is 13.8. The lowest BCUT2D eigenvalue weighted by Gasteiger charge is -2.14. The molecule has 0 atom stereocenters. The van der Waals surface area contributed by atoms with Gasteiger partial charge in [0.25, 0.3) is 0 Å². The molecule has 1 aliphatic rings. The predicted octanol–water partition coefficient (Wildman–Crippen LogP) is 5.98. The maximum Gasteiger partial charge on any atom is 0.158 e. The van der Waals surface area contributed by atoms with Gasteiger partial charge in [-0.3, -0.25) is 4.79 Å². The van der Waals surface area contributed by atoms with Crippen molar-refractivity contribution in [3.05, 3.63) is 11.6 Å². The van der Waals surface area contributed by atoms with Crippen LogP contribution in [0, 0.1) is 0 Å². The predicted molar refractivity (Wildman–Crippen MR) is 83.4 cm³/mol. The van der Waals surface area contributed by atoms with Crippen molar-refractivity contribution in [1.29, 1.82) is 0 Å². The summed E-state index contributed by atoms with van der Waals surface area (Å²) in [6, 6.07) is 0. The summed E-state index contributed by atoms with van der Waals surface area (Å²) in [7, 11) is 0. The molecule has 1 aliphatic carbocycles. The van der Waals surface area contributed by atoms with Crippen LogP contribution in [-0.4, -0.2) is 5.78 Å². The molecule has 0 aromatic rings. The van der Waals surface area contributed by atoms with Crippen molar-refractivity contribution in [2.45, 2.75) is 96.8 Å². The van der Waals surface area contributed by atoms with Gasteiger partial charge in [0, 0.05) is 6.42 Å². The SMILES string of the molecule is CCCCCCCCCCCCCC=C1CCC1=O. The number of hydrogen-bond acceptors (Lipinski definition) is 1. The van der Waals surface area contributed by atoms with Crippen LogP contribution in [0.4, 0.5) is 0 Å². The van der Waals surface area contributed by atoms with Crippen molar-refractivity contribution in [2.75, 3.05) is 0 Å². The molecular weight excluding hydrogens is 232 g/mol. The molecule has 0 N–H and O–H groups in total. The Balaban J connectivity index is 1.74. The maximum absolute atomic E-state index is 11.1. The summed E-state index contributed by atoms with van der Waals surface area (Å²) in [4.78, 5) is 11.1. The monoisotopic (exact) mass is 264 g/mol. The molecule has 0 amide bonds. The van der Waals surface area contributed by atoms with Gasteiger partial charge in [-0.2, -0.15) is 0 Å². The second-order valence-corrected chi connectivity index (χ2v) is 5.98.